The molecule has 4 heteroatoms. The molecule has 2 aliphatic rings. The van der Waals surface area contributed by atoms with Crippen molar-refractivity contribution in [2.24, 2.45) is 11.8 Å². The van der Waals surface area contributed by atoms with E-state index in [0.717, 1.165) is 19.5 Å². The van der Waals surface area contributed by atoms with Gasteiger partial charge in [-0.15, -0.1) is 0 Å². The van der Waals surface area contributed by atoms with Gasteiger partial charge in [-0.3, -0.25) is 4.79 Å². The summed E-state index contributed by atoms with van der Waals surface area (Å²) >= 11 is 0. The first-order valence-corrected chi connectivity index (χ1v) is 5.29. The first-order chi connectivity index (χ1) is 6.72. The summed E-state index contributed by atoms with van der Waals surface area (Å²) in [6, 6.07) is 0. The van der Waals surface area contributed by atoms with Crippen molar-refractivity contribution in [3.63, 3.8) is 0 Å². The maximum Gasteiger partial charge on any atom is 0.312 e. The fraction of sp³-hybridized carbons (Fsp3) is 0.900. The molecule has 4 atom stereocenters. The number of aliphatic hydroxyl groups is 1. The number of carbonyl (C=O) groups is 1. The minimum absolute atomic E-state index is 0.239. The number of nitrogens with zero attached hydrogens (tertiary/aromatic N) is 1. The van der Waals surface area contributed by atoms with Crippen LogP contribution in [0, 0.1) is 11.8 Å². The summed E-state index contributed by atoms with van der Waals surface area (Å²) in [4.78, 5) is 13.8. The number of fused-ring (bicyclic) bond motifs is 2. The minimum Gasteiger partial charge on any atom is -0.466 e. The van der Waals surface area contributed by atoms with Crippen LogP contribution in [-0.4, -0.2) is 48.3 Å². The van der Waals surface area contributed by atoms with E-state index in [0.29, 0.717) is 13.2 Å². The molecule has 2 heterocycles. The summed E-state index contributed by atoms with van der Waals surface area (Å²) in [6.45, 7) is 4.81. The van der Waals surface area contributed by atoms with Gasteiger partial charge < -0.3 is 14.7 Å². The van der Waals surface area contributed by atoms with Gasteiger partial charge in [0.1, 0.15) is 0 Å². The van der Waals surface area contributed by atoms with Crippen molar-refractivity contribution in [3.8, 4) is 0 Å². The van der Waals surface area contributed by atoms with Crippen LogP contribution in [0.25, 0.3) is 0 Å². The first-order valence-electron chi connectivity index (χ1n) is 5.29. The molecular weight excluding hydrogens is 182 g/mol. The van der Waals surface area contributed by atoms with Gasteiger partial charge in [0, 0.05) is 13.1 Å². The monoisotopic (exact) mass is 199 g/mol. The zero-order valence-corrected chi connectivity index (χ0v) is 8.48. The van der Waals surface area contributed by atoms with Crippen LogP contribution in [0.5, 0.6) is 0 Å². The van der Waals surface area contributed by atoms with E-state index >= 15 is 0 Å². The minimum atomic E-state index is -0.493. The van der Waals surface area contributed by atoms with E-state index in [4.69, 9.17) is 4.74 Å². The molecule has 2 rings (SSSR count). The summed E-state index contributed by atoms with van der Waals surface area (Å²) in [5.74, 6) is -0.286. The molecule has 0 aliphatic carbocycles. The number of hydrogen-bond acceptors (Lipinski definition) is 4. The largest absolute Gasteiger partial charge is 0.466 e. The molecule has 80 valence electrons. The fourth-order valence-electron chi connectivity index (χ4n) is 2.49. The predicted molar refractivity (Wildman–Crippen MR) is 50.7 cm³/mol. The number of esters is 1. The van der Waals surface area contributed by atoms with Crippen LogP contribution >= 0.6 is 0 Å². The van der Waals surface area contributed by atoms with Gasteiger partial charge in [-0.25, -0.2) is 0 Å². The van der Waals surface area contributed by atoms with Gasteiger partial charge in [-0.1, -0.05) is 0 Å². The van der Waals surface area contributed by atoms with Gasteiger partial charge >= 0.3 is 5.97 Å². The third kappa shape index (κ3) is 1.64. The molecule has 14 heavy (non-hydrogen) atoms. The highest BCUT2D eigenvalue weighted by Gasteiger charge is 2.43. The van der Waals surface area contributed by atoms with E-state index in [2.05, 4.69) is 4.90 Å². The van der Waals surface area contributed by atoms with Gasteiger partial charge in [0.15, 0.2) is 0 Å². The summed E-state index contributed by atoms with van der Waals surface area (Å²) in [7, 11) is 0. The second-order valence-corrected chi connectivity index (χ2v) is 4.16. The molecule has 2 aliphatic heterocycles. The number of rotatable bonds is 2. The lowest BCUT2D eigenvalue weighted by molar-refractivity contribution is -0.155. The van der Waals surface area contributed by atoms with Crippen LogP contribution in [-0.2, 0) is 9.53 Å². The molecule has 3 unspecified atom stereocenters. The van der Waals surface area contributed by atoms with Crippen molar-refractivity contribution in [2.45, 2.75) is 19.4 Å². The highest BCUT2D eigenvalue weighted by atomic mass is 16.5. The molecule has 0 aromatic rings. The van der Waals surface area contributed by atoms with Crippen molar-refractivity contribution < 1.29 is 14.6 Å². The van der Waals surface area contributed by atoms with Gasteiger partial charge in [-0.2, -0.15) is 0 Å². The number of carbonyl (C=O) groups excluding carboxylic acids is 1. The van der Waals surface area contributed by atoms with Crippen molar-refractivity contribution >= 4 is 5.97 Å². The standard InChI is InChI=1S/C10H17NO3/c1-2-14-10(13)8-6-11-4-3-7(5-11)9(8)12/h7-9,12H,2-6H2,1H3/t7-,8?,9?/m1/s1. The molecule has 0 amide bonds. The Kier molecular flexibility index (Phi) is 2.74. The highest BCUT2D eigenvalue weighted by molar-refractivity contribution is 5.73. The third-order valence-electron chi connectivity index (χ3n) is 3.25. The molecule has 1 N–H and O–H groups in total. The fourth-order valence-corrected chi connectivity index (χ4v) is 2.49. The Hall–Kier alpha value is -0.610. The number of ether oxygens (including phenoxy) is 1. The highest BCUT2D eigenvalue weighted by Crippen LogP contribution is 2.31. The molecule has 2 bridgehead atoms. The lowest BCUT2D eigenvalue weighted by Crippen LogP contribution is -2.47. The van der Waals surface area contributed by atoms with Crippen LogP contribution in [0.2, 0.25) is 0 Å². The van der Waals surface area contributed by atoms with Crippen LogP contribution in [0.15, 0.2) is 0 Å². The quantitative estimate of drug-likeness (QED) is 0.629. The molecule has 0 spiro atoms. The Morgan fingerprint density at radius 3 is 3.07 bits per heavy atom. The Labute approximate surface area is 83.8 Å². The van der Waals surface area contributed by atoms with Crippen LogP contribution in [0.3, 0.4) is 0 Å². The molecule has 0 saturated carbocycles. The molecule has 2 fully saturated rings. The van der Waals surface area contributed by atoms with Crippen LogP contribution < -0.4 is 0 Å². The average Bonchev–Trinajstić information content (AvgIpc) is 2.56. The van der Waals surface area contributed by atoms with E-state index in [1.807, 2.05) is 0 Å². The van der Waals surface area contributed by atoms with Crippen molar-refractivity contribution in [3.05, 3.63) is 0 Å². The smallest absolute Gasteiger partial charge is 0.312 e. The number of hydrogen-bond donors (Lipinski definition) is 1. The summed E-state index contributed by atoms with van der Waals surface area (Å²) in [6.07, 6.45) is 0.518. The predicted octanol–water partition coefficient (Wildman–Crippen LogP) is -0.138. The van der Waals surface area contributed by atoms with Crippen molar-refractivity contribution in [1.82, 2.24) is 4.90 Å². The second-order valence-electron chi connectivity index (χ2n) is 4.16. The lowest BCUT2D eigenvalue weighted by atomic mass is 9.88. The molecule has 0 aromatic heterocycles. The number of aliphatic hydroxyl groups excluding tert-OH is 1. The van der Waals surface area contributed by atoms with E-state index in [1.54, 1.807) is 6.92 Å². The van der Waals surface area contributed by atoms with Crippen LogP contribution in [0.1, 0.15) is 13.3 Å². The van der Waals surface area contributed by atoms with Crippen molar-refractivity contribution in [2.75, 3.05) is 26.2 Å². The Morgan fingerprint density at radius 1 is 1.57 bits per heavy atom. The Balaban J connectivity index is 2.01. The average molecular weight is 199 g/mol. The molecule has 0 aromatic carbocycles. The zero-order valence-electron chi connectivity index (χ0n) is 8.48. The van der Waals surface area contributed by atoms with Gasteiger partial charge in [0.2, 0.25) is 0 Å². The zero-order chi connectivity index (χ0) is 10.1. The summed E-state index contributed by atoms with van der Waals surface area (Å²) in [5.41, 5.74) is 0. The third-order valence-corrected chi connectivity index (χ3v) is 3.25. The maximum absolute atomic E-state index is 11.5. The Bertz CT molecular complexity index is 231. The van der Waals surface area contributed by atoms with Crippen LogP contribution in [0.4, 0.5) is 0 Å². The molecule has 4 nitrogen and oxygen atoms in total. The second kappa shape index (κ2) is 3.87. The Morgan fingerprint density at radius 2 is 2.36 bits per heavy atom. The summed E-state index contributed by atoms with van der Waals surface area (Å²) in [5, 5.41) is 9.92. The molecule has 2 saturated heterocycles. The van der Waals surface area contributed by atoms with E-state index in [1.165, 1.54) is 0 Å². The van der Waals surface area contributed by atoms with E-state index in [9.17, 15) is 9.90 Å². The summed E-state index contributed by atoms with van der Waals surface area (Å²) < 4.78 is 4.95. The molecular formula is C10H17NO3. The lowest BCUT2D eigenvalue weighted by Gasteiger charge is -2.33. The van der Waals surface area contributed by atoms with Gasteiger partial charge in [0.05, 0.1) is 18.6 Å². The first kappa shape index (κ1) is 9.93. The SMILES string of the molecule is CCOC(=O)C1CN2CC[C@H](C2)C1O. The molecule has 0 radical (unpaired) electrons. The van der Waals surface area contributed by atoms with Gasteiger partial charge in [0.25, 0.3) is 0 Å². The normalized spacial score (nSPS) is 41.0. The van der Waals surface area contributed by atoms with E-state index < -0.39 is 6.10 Å². The van der Waals surface area contributed by atoms with Crippen molar-refractivity contribution in [1.29, 1.82) is 0 Å². The number of piperidine rings is 1. The maximum atomic E-state index is 11.5. The van der Waals surface area contributed by atoms with E-state index in [-0.39, 0.29) is 17.8 Å². The topological polar surface area (TPSA) is 49.8 Å². The van der Waals surface area contributed by atoms with Gasteiger partial charge in [-0.05, 0) is 25.8 Å².